The van der Waals surface area contributed by atoms with Crippen LogP contribution in [0.1, 0.15) is 5.56 Å². The Balaban J connectivity index is 1.87. The summed E-state index contributed by atoms with van der Waals surface area (Å²) in [7, 11) is 1.83. The first kappa shape index (κ1) is 17.5. The van der Waals surface area contributed by atoms with Gasteiger partial charge in [-0.1, -0.05) is 11.6 Å². The summed E-state index contributed by atoms with van der Waals surface area (Å²) < 4.78 is 1.69. The van der Waals surface area contributed by atoms with E-state index in [0.717, 1.165) is 16.5 Å². The Kier molecular flexibility index (Phi) is 3.92. The molecule has 7 nitrogen and oxygen atoms in total. The molecule has 0 fully saturated rings. The van der Waals surface area contributed by atoms with Gasteiger partial charge in [0.2, 0.25) is 5.43 Å². The van der Waals surface area contributed by atoms with E-state index >= 15 is 0 Å². The van der Waals surface area contributed by atoms with Crippen LogP contribution in [0.15, 0.2) is 53.7 Å². The maximum atomic E-state index is 12.4. The van der Waals surface area contributed by atoms with Crippen molar-refractivity contribution in [2.24, 2.45) is 7.05 Å². The van der Waals surface area contributed by atoms with E-state index in [1.165, 1.54) is 6.07 Å². The second-order valence-electron chi connectivity index (χ2n) is 6.88. The smallest absolute Gasteiger partial charge is 0.209 e. The number of pyridine rings is 2. The highest BCUT2D eigenvalue weighted by Gasteiger charge is 2.18. The van der Waals surface area contributed by atoms with E-state index in [0.29, 0.717) is 33.3 Å². The van der Waals surface area contributed by atoms with Gasteiger partial charge in [-0.3, -0.25) is 14.5 Å². The lowest BCUT2D eigenvalue weighted by atomic mass is 10.0. The number of benzene rings is 1. The number of nitrogens with one attached hydrogen (secondary N) is 1. The molecular formula is C21H15ClN6O. The summed E-state index contributed by atoms with van der Waals surface area (Å²) in [5, 5.41) is 5.87. The summed E-state index contributed by atoms with van der Waals surface area (Å²) in [4.78, 5) is 29.1. The Morgan fingerprint density at radius 1 is 1.07 bits per heavy atom. The minimum absolute atomic E-state index is 0.204. The molecule has 0 atom stereocenters. The zero-order chi connectivity index (χ0) is 20.1. The Morgan fingerprint density at radius 3 is 2.72 bits per heavy atom. The number of H-pyrrole nitrogens is 1. The lowest BCUT2D eigenvalue weighted by Crippen LogP contribution is -2.07. The van der Waals surface area contributed by atoms with E-state index in [1.807, 2.05) is 38.4 Å². The van der Waals surface area contributed by atoms with Crippen LogP contribution in [0.3, 0.4) is 0 Å². The Hall–Kier alpha value is -3.58. The molecule has 0 aliphatic rings. The van der Waals surface area contributed by atoms with Crippen molar-refractivity contribution < 1.29 is 0 Å². The first-order valence-electron chi connectivity index (χ1n) is 8.95. The number of rotatable bonds is 2. The molecule has 1 aromatic carbocycles. The van der Waals surface area contributed by atoms with Gasteiger partial charge >= 0.3 is 0 Å². The molecule has 4 aromatic heterocycles. The third kappa shape index (κ3) is 2.96. The molecule has 8 heteroatoms. The van der Waals surface area contributed by atoms with Crippen LogP contribution in [0.2, 0.25) is 5.02 Å². The molecule has 29 heavy (non-hydrogen) atoms. The molecule has 0 spiro atoms. The Labute approximate surface area is 170 Å². The third-order valence-corrected chi connectivity index (χ3v) is 4.98. The van der Waals surface area contributed by atoms with Crippen LogP contribution in [-0.4, -0.2) is 29.7 Å². The average molecular weight is 403 g/mol. The molecule has 5 rings (SSSR count). The molecule has 4 heterocycles. The van der Waals surface area contributed by atoms with Gasteiger partial charge in [0.25, 0.3) is 0 Å². The van der Waals surface area contributed by atoms with Crippen molar-refractivity contribution in [3.63, 3.8) is 0 Å². The predicted octanol–water partition coefficient (Wildman–Crippen LogP) is 3.90. The quantitative estimate of drug-likeness (QED) is 0.483. The van der Waals surface area contributed by atoms with Crippen LogP contribution >= 0.6 is 11.6 Å². The monoisotopic (exact) mass is 402 g/mol. The van der Waals surface area contributed by atoms with Crippen LogP contribution < -0.4 is 5.43 Å². The topological polar surface area (TPSA) is 89.4 Å². The van der Waals surface area contributed by atoms with E-state index in [-0.39, 0.29) is 10.9 Å². The minimum atomic E-state index is -0.204. The van der Waals surface area contributed by atoms with Gasteiger partial charge in [0, 0.05) is 42.7 Å². The van der Waals surface area contributed by atoms with Crippen molar-refractivity contribution in [3.05, 3.63) is 69.7 Å². The molecule has 0 unspecified atom stereocenters. The van der Waals surface area contributed by atoms with E-state index < -0.39 is 0 Å². The number of hydrogen-bond donors (Lipinski definition) is 1. The third-order valence-electron chi connectivity index (χ3n) is 4.69. The van der Waals surface area contributed by atoms with Crippen molar-refractivity contribution in [1.82, 2.24) is 29.7 Å². The number of nitrogens with zero attached hydrogens (tertiary/aromatic N) is 5. The molecule has 5 aromatic rings. The molecule has 0 amide bonds. The maximum Gasteiger partial charge on any atom is 0.209 e. The number of aryl methyl sites for hydroxylation is 2. The Bertz CT molecular complexity index is 1470. The van der Waals surface area contributed by atoms with Crippen LogP contribution in [-0.2, 0) is 7.05 Å². The maximum absolute atomic E-state index is 12.4. The van der Waals surface area contributed by atoms with Gasteiger partial charge in [-0.15, -0.1) is 0 Å². The highest BCUT2D eigenvalue weighted by atomic mass is 35.5. The van der Waals surface area contributed by atoms with Gasteiger partial charge < -0.3 is 4.98 Å². The fraction of sp³-hybridized carbons (Fsp3) is 0.0952. The Morgan fingerprint density at radius 2 is 1.93 bits per heavy atom. The van der Waals surface area contributed by atoms with Gasteiger partial charge in [0.1, 0.15) is 11.4 Å². The molecular weight excluding hydrogens is 388 g/mol. The van der Waals surface area contributed by atoms with Crippen molar-refractivity contribution in [1.29, 1.82) is 0 Å². The first-order valence-corrected chi connectivity index (χ1v) is 9.33. The second kappa shape index (κ2) is 6.49. The van der Waals surface area contributed by atoms with Gasteiger partial charge in [-0.2, -0.15) is 5.10 Å². The highest BCUT2D eigenvalue weighted by Crippen LogP contribution is 2.34. The normalized spacial score (nSPS) is 11.4. The van der Waals surface area contributed by atoms with Crippen molar-refractivity contribution in [3.8, 4) is 22.6 Å². The highest BCUT2D eigenvalue weighted by molar-refractivity contribution is 6.35. The lowest BCUT2D eigenvalue weighted by Gasteiger charge is -2.10. The largest absolute Gasteiger partial charge is 0.345 e. The number of aromatic nitrogens is 6. The minimum Gasteiger partial charge on any atom is -0.345 e. The fourth-order valence-corrected chi connectivity index (χ4v) is 3.63. The van der Waals surface area contributed by atoms with Crippen molar-refractivity contribution in [2.75, 3.05) is 0 Å². The standard InChI is InChI=1S/C21H15ClN6O/c1-11-7-12-8-13(9-14(22)17(12)24-10-11)18-19(15-4-6-28(2)27-15)26-21-20(25-18)16(29)3-5-23-21/h3-10H,1-2H3,(H,23,26,29). The SMILES string of the molecule is Cc1cnc2c(Cl)cc(-c3nc4c(=O)cc[nH]c4nc3-c3ccn(C)n3)cc2c1. The molecule has 142 valence electrons. The molecule has 0 aliphatic heterocycles. The number of fused-ring (bicyclic) bond motifs is 2. The molecule has 0 radical (unpaired) electrons. The zero-order valence-corrected chi connectivity index (χ0v) is 16.4. The van der Waals surface area contributed by atoms with Crippen molar-refractivity contribution >= 4 is 33.7 Å². The second-order valence-corrected chi connectivity index (χ2v) is 7.28. The van der Waals surface area contributed by atoms with E-state index in [9.17, 15) is 4.79 Å². The summed E-state index contributed by atoms with van der Waals surface area (Å²) in [5.74, 6) is 0. The summed E-state index contributed by atoms with van der Waals surface area (Å²) in [6.45, 7) is 1.97. The van der Waals surface area contributed by atoms with Gasteiger partial charge in [0.05, 0.1) is 16.2 Å². The van der Waals surface area contributed by atoms with E-state index in [1.54, 1.807) is 23.1 Å². The molecule has 1 N–H and O–H groups in total. The zero-order valence-electron chi connectivity index (χ0n) is 15.6. The summed E-state index contributed by atoms with van der Waals surface area (Å²) in [6, 6.07) is 9.06. The van der Waals surface area contributed by atoms with E-state index in [2.05, 4.69) is 25.0 Å². The fourth-order valence-electron chi connectivity index (χ4n) is 3.36. The molecule has 0 saturated carbocycles. The van der Waals surface area contributed by atoms with Crippen LogP contribution in [0.25, 0.3) is 44.7 Å². The lowest BCUT2D eigenvalue weighted by molar-refractivity contribution is 0.770. The number of hydrogen-bond acceptors (Lipinski definition) is 5. The molecule has 0 bridgehead atoms. The van der Waals surface area contributed by atoms with Gasteiger partial charge in [-0.25, -0.2) is 9.97 Å². The summed E-state index contributed by atoms with van der Waals surface area (Å²) in [5.41, 5.74) is 4.71. The first-order chi connectivity index (χ1) is 14.0. The van der Waals surface area contributed by atoms with Crippen LogP contribution in [0.5, 0.6) is 0 Å². The average Bonchev–Trinajstić information content (AvgIpc) is 3.13. The number of halogens is 1. The van der Waals surface area contributed by atoms with Gasteiger partial charge in [0.15, 0.2) is 11.2 Å². The van der Waals surface area contributed by atoms with Gasteiger partial charge in [-0.05, 0) is 36.8 Å². The predicted molar refractivity (Wildman–Crippen MR) is 113 cm³/mol. The van der Waals surface area contributed by atoms with Crippen LogP contribution in [0, 0.1) is 6.92 Å². The van der Waals surface area contributed by atoms with E-state index in [4.69, 9.17) is 11.6 Å². The molecule has 0 saturated heterocycles. The summed E-state index contributed by atoms with van der Waals surface area (Å²) in [6.07, 6.45) is 5.17. The van der Waals surface area contributed by atoms with Crippen LogP contribution in [0.4, 0.5) is 0 Å². The molecule has 0 aliphatic carbocycles. The summed E-state index contributed by atoms with van der Waals surface area (Å²) >= 11 is 6.52. The van der Waals surface area contributed by atoms with Crippen molar-refractivity contribution in [2.45, 2.75) is 6.92 Å². The number of aromatic amines is 1.